The predicted octanol–water partition coefficient (Wildman–Crippen LogP) is 5.88. The minimum absolute atomic E-state index is 0.330. The summed E-state index contributed by atoms with van der Waals surface area (Å²) < 4.78 is 5.19. The largest absolute Gasteiger partial charge is 0.480 e. The molecule has 31 heavy (non-hydrogen) atoms. The Morgan fingerprint density at radius 3 is 2.19 bits per heavy atom. The zero-order chi connectivity index (χ0) is 22.2. The number of hydrogen-bond donors (Lipinski definition) is 2. The minimum atomic E-state index is -1.05. The molecule has 160 valence electrons. The SMILES string of the molecule is CC(C)(C)OC(=O)NC(CCCc1ccc2ccc3cccc4ccc1c2c34)C(=O)O. The summed E-state index contributed by atoms with van der Waals surface area (Å²) in [5.74, 6) is -1.05. The second-order valence-electron chi connectivity index (χ2n) is 9.01. The molecule has 0 saturated heterocycles. The van der Waals surface area contributed by atoms with Crippen molar-refractivity contribution in [2.24, 2.45) is 0 Å². The number of carboxylic acid groups (broad SMARTS) is 1. The van der Waals surface area contributed by atoms with Gasteiger partial charge in [0.1, 0.15) is 11.6 Å². The van der Waals surface area contributed by atoms with E-state index in [2.05, 4.69) is 59.9 Å². The van der Waals surface area contributed by atoms with Crippen molar-refractivity contribution in [3.63, 3.8) is 0 Å². The van der Waals surface area contributed by atoms with Crippen molar-refractivity contribution in [1.29, 1.82) is 0 Å². The highest BCUT2D eigenvalue weighted by atomic mass is 16.6. The Balaban J connectivity index is 1.53. The molecule has 2 N–H and O–H groups in total. The van der Waals surface area contributed by atoms with Crippen LogP contribution >= 0.6 is 0 Å². The summed E-state index contributed by atoms with van der Waals surface area (Å²) in [6, 6.07) is 18.2. The zero-order valence-electron chi connectivity index (χ0n) is 18.1. The van der Waals surface area contributed by atoms with Crippen molar-refractivity contribution in [2.45, 2.75) is 51.7 Å². The van der Waals surface area contributed by atoms with Crippen molar-refractivity contribution in [3.8, 4) is 0 Å². The molecule has 1 unspecified atom stereocenters. The first kappa shape index (κ1) is 20.9. The van der Waals surface area contributed by atoms with Gasteiger partial charge in [-0.1, -0.05) is 54.6 Å². The van der Waals surface area contributed by atoms with E-state index in [-0.39, 0.29) is 0 Å². The molecule has 0 saturated carbocycles. The third kappa shape index (κ3) is 4.41. The van der Waals surface area contributed by atoms with Crippen LogP contribution in [0, 0.1) is 0 Å². The fraction of sp³-hybridized carbons (Fsp3) is 0.308. The summed E-state index contributed by atoms with van der Waals surface area (Å²) in [4.78, 5) is 23.6. The Labute approximate surface area is 181 Å². The van der Waals surface area contributed by atoms with Crippen LogP contribution in [0.15, 0.2) is 54.6 Å². The zero-order valence-corrected chi connectivity index (χ0v) is 18.1. The van der Waals surface area contributed by atoms with Crippen molar-refractivity contribution < 1.29 is 19.4 Å². The van der Waals surface area contributed by atoms with E-state index in [0.29, 0.717) is 12.8 Å². The number of carbonyl (C=O) groups is 2. The van der Waals surface area contributed by atoms with Crippen LogP contribution in [0.1, 0.15) is 39.2 Å². The van der Waals surface area contributed by atoms with Gasteiger partial charge in [-0.2, -0.15) is 0 Å². The van der Waals surface area contributed by atoms with Gasteiger partial charge in [-0.25, -0.2) is 9.59 Å². The molecule has 0 heterocycles. The molecular weight excluding hydrogens is 390 g/mol. The molecule has 0 aliphatic rings. The second-order valence-corrected chi connectivity index (χ2v) is 9.01. The van der Waals surface area contributed by atoms with Crippen LogP contribution in [0.3, 0.4) is 0 Å². The molecular formula is C26H27NO4. The quantitative estimate of drug-likeness (QED) is 0.384. The van der Waals surface area contributed by atoms with Gasteiger partial charge in [0.2, 0.25) is 0 Å². The van der Waals surface area contributed by atoms with Gasteiger partial charge < -0.3 is 15.2 Å². The first-order valence-electron chi connectivity index (χ1n) is 10.6. The summed E-state index contributed by atoms with van der Waals surface area (Å²) in [5, 5.41) is 19.4. The standard InChI is InChI=1S/C26H27NO4/c1-26(2,3)31-25(30)27-21(24(28)29)9-5-6-16-10-11-19-13-12-17-7-4-8-18-14-15-20(16)23(19)22(17)18/h4,7-8,10-15,21H,5-6,9H2,1-3H3,(H,27,30)(H,28,29). The Bertz CT molecular complexity index is 1240. The molecule has 1 atom stereocenters. The minimum Gasteiger partial charge on any atom is -0.480 e. The van der Waals surface area contributed by atoms with E-state index < -0.39 is 23.7 Å². The summed E-state index contributed by atoms with van der Waals surface area (Å²) in [5.41, 5.74) is 0.515. The van der Waals surface area contributed by atoms with E-state index in [0.717, 1.165) is 6.42 Å². The number of alkyl carbamates (subject to hydrolysis) is 1. The Morgan fingerprint density at radius 2 is 1.55 bits per heavy atom. The molecule has 0 aromatic heterocycles. The number of amides is 1. The summed E-state index contributed by atoms with van der Waals surface area (Å²) in [6.07, 6.45) is 0.990. The first-order chi connectivity index (χ1) is 14.7. The molecule has 0 fully saturated rings. The van der Waals surface area contributed by atoms with Gasteiger partial charge in [0.15, 0.2) is 0 Å². The maximum Gasteiger partial charge on any atom is 0.408 e. The average molecular weight is 418 g/mol. The number of benzene rings is 4. The highest BCUT2D eigenvalue weighted by Crippen LogP contribution is 2.36. The van der Waals surface area contributed by atoms with E-state index in [1.54, 1.807) is 20.8 Å². The Kier molecular flexibility index (Phi) is 5.44. The molecule has 0 spiro atoms. The Morgan fingerprint density at radius 1 is 0.935 bits per heavy atom. The summed E-state index contributed by atoms with van der Waals surface area (Å²) >= 11 is 0. The van der Waals surface area contributed by atoms with Gasteiger partial charge in [0, 0.05) is 0 Å². The molecule has 0 bridgehead atoms. The van der Waals surface area contributed by atoms with E-state index in [1.165, 1.54) is 37.9 Å². The van der Waals surface area contributed by atoms with Crippen molar-refractivity contribution in [3.05, 3.63) is 60.2 Å². The number of nitrogens with one attached hydrogen (secondary N) is 1. The average Bonchev–Trinajstić information content (AvgIpc) is 2.70. The van der Waals surface area contributed by atoms with E-state index in [9.17, 15) is 14.7 Å². The monoisotopic (exact) mass is 417 g/mol. The van der Waals surface area contributed by atoms with Gasteiger partial charge in [0.25, 0.3) is 0 Å². The predicted molar refractivity (Wildman–Crippen MR) is 124 cm³/mol. The third-order valence-corrected chi connectivity index (χ3v) is 5.55. The van der Waals surface area contributed by atoms with Crippen LogP contribution in [0.5, 0.6) is 0 Å². The number of rotatable bonds is 6. The third-order valence-electron chi connectivity index (χ3n) is 5.55. The van der Waals surface area contributed by atoms with Gasteiger partial charge in [-0.05, 0) is 77.9 Å². The molecule has 0 aliphatic carbocycles. The fourth-order valence-corrected chi connectivity index (χ4v) is 4.22. The first-order valence-corrected chi connectivity index (χ1v) is 10.6. The lowest BCUT2D eigenvalue weighted by molar-refractivity contribution is -0.139. The number of carboxylic acids is 1. The fourth-order valence-electron chi connectivity index (χ4n) is 4.22. The lowest BCUT2D eigenvalue weighted by Crippen LogP contribution is -2.43. The number of aryl methyl sites for hydroxylation is 1. The van der Waals surface area contributed by atoms with Crippen LogP contribution in [0.2, 0.25) is 0 Å². The molecule has 0 aliphatic heterocycles. The van der Waals surface area contributed by atoms with Crippen LogP contribution < -0.4 is 5.32 Å². The second kappa shape index (κ2) is 8.06. The van der Waals surface area contributed by atoms with E-state index in [1.807, 2.05) is 0 Å². The van der Waals surface area contributed by atoms with Crippen molar-refractivity contribution in [1.82, 2.24) is 5.32 Å². The molecule has 4 rings (SSSR count). The molecule has 5 heteroatoms. The lowest BCUT2D eigenvalue weighted by atomic mass is 9.90. The Hall–Kier alpha value is -3.34. The molecule has 1 amide bonds. The van der Waals surface area contributed by atoms with Crippen LogP contribution in [-0.4, -0.2) is 28.8 Å². The smallest absolute Gasteiger partial charge is 0.408 e. The van der Waals surface area contributed by atoms with Crippen molar-refractivity contribution in [2.75, 3.05) is 0 Å². The van der Waals surface area contributed by atoms with Gasteiger partial charge in [-0.15, -0.1) is 0 Å². The highest BCUT2D eigenvalue weighted by molar-refractivity contribution is 6.23. The van der Waals surface area contributed by atoms with Crippen LogP contribution in [-0.2, 0) is 16.0 Å². The topological polar surface area (TPSA) is 75.6 Å². The summed E-state index contributed by atoms with van der Waals surface area (Å²) in [6.45, 7) is 5.24. The summed E-state index contributed by atoms with van der Waals surface area (Å²) in [7, 11) is 0. The van der Waals surface area contributed by atoms with Crippen molar-refractivity contribution >= 4 is 44.4 Å². The maximum atomic E-state index is 12.0. The van der Waals surface area contributed by atoms with Gasteiger partial charge in [-0.3, -0.25) is 0 Å². The normalized spacial score (nSPS) is 13.0. The lowest BCUT2D eigenvalue weighted by Gasteiger charge is -2.22. The van der Waals surface area contributed by atoms with Crippen LogP contribution in [0.25, 0.3) is 32.3 Å². The van der Waals surface area contributed by atoms with Gasteiger partial charge >= 0.3 is 12.1 Å². The van der Waals surface area contributed by atoms with Crippen LogP contribution in [0.4, 0.5) is 4.79 Å². The number of ether oxygens (including phenoxy) is 1. The number of aliphatic carboxylic acids is 1. The van der Waals surface area contributed by atoms with E-state index >= 15 is 0 Å². The number of hydrogen-bond acceptors (Lipinski definition) is 3. The van der Waals surface area contributed by atoms with Gasteiger partial charge in [0.05, 0.1) is 0 Å². The highest BCUT2D eigenvalue weighted by Gasteiger charge is 2.23. The molecule has 4 aromatic rings. The number of carbonyl (C=O) groups excluding carboxylic acids is 1. The molecule has 0 radical (unpaired) electrons. The maximum absolute atomic E-state index is 12.0. The molecule has 5 nitrogen and oxygen atoms in total. The molecule has 4 aromatic carbocycles. The van der Waals surface area contributed by atoms with E-state index in [4.69, 9.17) is 4.74 Å².